The second kappa shape index (κ2) is 3.98. The lowest BCUT2D eigenvalue weighted by Gasteiger charge is -2.16. The molecule has 0 saturated carbocycles. The minimum atomic E-state index is -0.370. The molecule has 80 valence electrons. The van der Waals surface area contributed by atoms with Gasteiger partial charge in [0.2, 0.25) is 0 Å². The second-order valence-electron chi connectivity index (χ2n) is 3.83. The van der Waals surface area contributed by atoms with Gasteiger partial charge in [0, 0.05) is 25.0 Å². The molecule has 1 aliphatic rings. The normalized spacial score (nSPS) is 20.7. The zero-order chi connectivity index (χ0) is 10.8. The van der Waals surface area contributed by atoms with Gasteiger partial charge in [-0.2, -0.15) is 0 Å². The summed E-state index contributed by atoms with van der Waals surface area (Å²) in [6, 6.07) is 3.53. The number of rotatable bonds is 1. The van der Waals surface area contributed by atoms with Gasteiger partial charge in [0.1, 0.15) is 0 Å². The van der Waals surface area contributed by atoms with Crippen LogP contribution < -0.4 is 0 Å². The Morgan fingerprint density at radius 1 is 1.67 bits per heavy atom. The average Bonchev–Trinajstić information content (AvgIpc) is 2.65. The van der Waals surface area contributed by atoms with Crippen molar-refractivity contribution in [1.82, 2.24) is 9.88 Å². The van der Waals surface area contributed by atoms with E-state index in [0.717, 1.165) is 5.69 Å². The van der Waals surface area contributed by atoms with Crippen molar-refractivity contribution in [3.05, 3.63) is 29.6 Å². The summed E-state index contributed by atoms with van der Waals surface area (Å²) in [4.78, 5) is 17.7. The highest BCUT2D eigenvalue weighted by molar-refractivity contribution is 5.95. The number of carbonyl (C=O) groups excluding carboxylic acids is 1. The summed E-state index contributed by atoms with van der Waals surface area (Å²) in [6.07, 6.45) is 1.97. The fraction of sp³-hybridized carbons (Fsp3) is 0.455. The lowest BCUT2D eigenvalue weighted by atomic mass is 10.2. The van der Waals surface area contributed by atoms with E-state index in [1.807, 2.05) is 6.92 Å². The molecule has 0 aromatic carbocycles. The van der Waals surface area contributed by atoms with Crippen molar-refractivity contribution in [2.75, 3.05) is 13.1 Å². The smallest absolute Gasteiger partial charge is 0.255 e. The molecular formula is C11H14N2O2. The highest BCUT2D eigenvalue weighted by Crippen LogP contribution is 2.14. The molecule has 1 unspecified atom stereocenters. The van der Waals surface area contributed by atoms with Crippen LogP contribution in [0.2, 0.25) is 0 Å². The van der Waals surface area contributed by atoms with Gasteiger partial charge in [-0.3, -0.25) is 9.78 Å². The Morgan fingerprint density at radius 3 is 3.07 bits per heavy atom. The Bertz CT molecular complexity index is 379. The van der Waals surface area contributed by atoms with E-state index in [2.05, 4.69) is 4.98 Å². The van der Waals surface area contributed by atoms with Gasteiger partial charge >= 0.3 is 0 Å². The van der Waals surface area contributed by atoms with Crippen molar-refractivity contribution < 1.29 is 9.90 Å². The van der Waals surface area contributed by atoms with E-state index in [1.54, 1.807) is 23.2 Å². The lowest BCUT2D eigenvalue weighted by Crippen LogP contribution is -2.30. The van der Waals surface area contributed by atoms with Gasteiger partial charge in [0.15, 0.2) is 0 Å². The molecule has 1 aromatic rings. The van der Waals surface area contributed by atoms with E-state index in [0.29, 0.717) is 25.1 Å². The molecule has 2 rings (SSSR count). The molecule has 0 aliphatic carbocycles. The highest BCUT2D eigenvalue weighted by atomic mass is 16.3. The number of carbonyl (C=O) groups is 1. The van der Waals surface area contributed by atoms with Crippen LogP contribution in [0.3, 0.4) is 0 Å². The van der Waals surface area contributed by atoms with Crippen LogP contribution in [0.4, 0.5) is 0 Å². The summed E-state index contributed by atoms with van der Waals surface area (Å²) in [5.74, 6) is -0.0304. The fourth-order valence-electron chi connectivity index (χ4n) is 1.81. The Labute approximate surface area is 88.6 Å². The molecule has 1 amide bonds. The van der Waals surface area contributed by atoms with Crippen molar-refractivity contribution in [3.8, 4) is 0 Å². The highest BCUT2D eigenvalue weighted by Gasteiger charge is 2.26. The van der Waals surface area contributed by atoms with E-state index >= 15 is 0 Å². The molecule has 0 bridgehead atoms. The van der Waals surface area contributed by atoms with Crippen LogP contribution in [-0.2, 0) is 0 Å². The second-order valence-corrected chi connectivity index (χ2v) is 3.83. The average molecular weight is 206 g/mol. The molecule has 1 aliphatic heterocycles. The molecule has 15 heavy (non-hydrogen) atoms. The Hall–Kier alpha value is -1.42. The predicted octanol–water partition coefficient (Wildman–Crippen LogP) is 0.597. The van der Waals surface area contributed by atoms with Crippen molar-refractivity contribution in [3.63, 3.8) is 0 Å². The third-order valence-electron chi connectivity index (χ3n) is 2.69. The van der Waals surface area contributed by atoms with Gasteiger partial charge in [-0.15, -0.1) is 0 Å². The Morgan fingerprint density at radius 2 is 2.47 bits per heavy atom. The maximum Gasteiger partial charge on any atom is 0.255 e. The summed E-state index contributed by atoms with van der Waals surface area (Å²) in [5, 5.41) is 9.36. The molecule has 1 aromatic heterocycles. The fourth-order valence-corrected chi connectivity index (χ4v) is 1.81. The van der Waals surface area contributed by atoms with Gasteiger partial charge in [-0.1, -0.05) is 0 Å². The largest absolute Gasteiger partial charge is 0.391 e. The number of amides is 1. The van der Waals surface area contributed by atoms with Crippen molar-refractivity contribution in [1.29, 1.82) is 0 Å². The summed E-state index contributed by atoms with van der Waals surface area (Å²) in [5.41, 5.74) is 1.37. The number of aliphatic hydroxyl groups excluding tert-OH is 1. The lowest BCUT2D eigenvalue weighted by molar-refractivity contribution is 0.0764. The van der Waals surface area contributed by atoms with Crippen molar-refractivity contribution in [2.24, 2.45) is 0 Å². The van der Waals surface area contributed by atoms with Crippen molar-refractivity contribution in [2.45, 2.75) is 19.4 Å². The number of hydrogen-bond donors (Lipinski definition) is 1. The molecule has 4 heteroatoms. The maximum atomic E-state index is 12.0. The number of aryl methyl sites for hydroxylation is 1. The number of β-amino-alcohol motifs (C(OH)–C–C–N with tert-alkyl or cyclic N) is 1. The zero-order valence-corrected chi connectivity index (χ0v) is 8.68. The first-order valence-corrected chi connectivity index (χ1v) is 5.07. The van der Waals surface area contributed by atoms with Gasteiger partial charge in [-0.25, -0.2) is 0 Å². The monoisotopic (exact) mass is 206 g/mol. The molecule has 4 nitrogen and oxygen atoms in total. The zero-order valence-electron chi connectivity index (χ0n) is 8.68. The SMILES string of the molecule is Cc1ncccc1C(=O)N1CCC(O)C1. The van der Waals surface area contributed by atoms with Crippen LogP contribution in [0.5, 0.6) is 0 Å². The number of aliphatic hydroxyl groups is 1. The van der Waals surface area contributed by atoms with E-state index in [9.17, 15) is 9.90 Å². The van der Waals surface area contributed by atoms with E-state index < -0.39 is 0 Å². The molecule has 2 heterocycles. The van der Waals surface area contributed by atoms with Gasteiger partial charge in [0.05, 0.1) is 11.7 Å². The molecular weight excluding hydrogens is 192 g/mol. The number of nitrogens with zero attached hydrogens (tertiary/aromatic N) is 2. The van der Waals surface area contributed by atoms with E-state index in [1.165, 1.54) is 0 Å². The molecule has 1 atom stereocenters. The van der Waals surface area contributed by atoms with Crippen LogP contribution in [0.15, 0.2) is 18.3 Å². The summed E-state index contributed by atoms with van der Waals surface area (Å²) >= 11 is 0. The quantitative estimate of drug-likeness (QED) is 0.732. The van der Waals surface area contributed by atoms with Crippen LogP contribution in [0.1, 0.15) is 22.5 Å². The summed E-state index contributed by atoms with van der Waals surface area (Å²) in [7, 11) is 0. The first kappa shape index (κ1) is 10.1. The van der Waals surface area contributed by atoms with E-state index in [4.69, 9.17) is 0 Å². The van der Waals surface area contributed by atoms with Crippen LogP contribution in [0, 0.1) is 6.92 Å². The molecule has 1 fully saturated rings. The summed E-state index contributed by atoms with van der Waals surface area (Å²) in [6.45, 7) is 2.89. The minimum absolute atomic E-state index is 0.0304. The Kier molecular flexibility index (Phi) is 2.68. The van der Waals surface area contributed by atoms with Crippen LogP contribution >= 0.6 is 0 Å². The topological polar surface area (TPSA) is 53.4 Å². The minimum Gasteiger partial charge on any atom is -0.391 e. The van der Waals surface area contributed by atoms with Crippen LogP contribution in [0.25, 0.3) is 0 Å². The number of pyridine rings is 1. The third kappa shape index (κ3) is 1.99. The maximum absolute atomic E-state index is 12.0. The first-order valence-electron chi connectivity index (χ1n) is 5.07. The molecule has 0 spiro atoms. The van der Waals surface area contributed by atoms with Crippen LogP contribution in [-0.4, -0.2) is 40.1 Å². The van der Waals surface area contributed by atoms with Gasteiger partial charge < -0.3 is 10.0 Å². The first-order chi connectivity index (χ1) is 7.18. The van der Waals surface area contributed by atoms with Gasteiger partial charge in [0.25, 0.3) is 5.91 Å². The van der Waals surface area contributed by atoms with Crippen molar-refractivity contribution >= 4 is 5.91 Å². The number of hydrogen-bond acceptors (Lipinski definition) is 3. The molecule has 0 radical (unpaired) electrons. The Balaban J connectivity index is 2.18. The van der Waals surface area contributed by atoms with E-state index in [-0.39, 0.29) is 12.0 Å². The number of likely N-dealkylation sites (tertiary alicyclic amines) is 1. The number of aromatic nitrogens is 1. The summed E-state index contributed by atoms with van der Waals surface area (Å²) < 4.78 is 0. The predicted molar refractivity (Wildman–Crippen MR) is 55.5 cm³/mol. The molecule has 1 saturated heterocycles. The molecule has 1 N–H and O–H groups in total. The third-order valence-corrected chi connectivity index (χ3v) is 2.69. The van der Waals surface area contributed by atoms with Gasteiger partial charge in [-0.05, 0) is 25.5 Å². The standard InChI is InChI=1S/C11H14N2O2/c1-8-10(3-2-5-12-8)11(15)13-6-4-9(14)7-13/h2-3,5,9,14H,4,6-7H2,1H3.